The zero-order chi connectivity index (χ0) is 13.1. The van der Waals surface area contributed by atoms with Crippen LogP contribution in [0.2, 0.25) is 0 Å². The van der Waals surface area contributed by atoms with Gasteiger partial charge in [0.2, 0.25) is 5.82 Å². The Bertz CT molecular complexity index is 679. The van der Waals surface area contributed by atoms with Crippen molar-refractivity contribution in [3.63, 3.8) is 0 Å². The maximum atomic E-state index is 5.75. The van der Waals surface area contributed by atoms with Crippen LogP contribution in [0.25, 0.3) is 11.4 Å². The van der Waals surface area contributed by atoms with Gasteiger partial charge in [0, 0.05) is 5.56 Å². The molecule has 1 heterocycles. The molecule has 1 aromatic heterocycles. The number of tetrazole rings is 1. The van der Waals surface area contributed by atoms with Gasteiger partial charge in [-0.25, -0.2) is 0 Å². The largest absolute Gasteiger partial charge is 0.457 e. The van der Waals surface area contributed by atoms with E-state index in [0.717, 1.165) is 17.1 Å². The van der Waals surface area contributed by atoms with E-state index in [9.17, 15) is 0 Å². The first-order valence-corrected chi connectivity index (χ1v) is 5.75. The van der Waals surface area contributed by atoms with Crippen molar-refractivity contribution in [2.75, 3.05) is 0 Å². The molecule has 0 amide bonds. The number of benzene rings is 2. The van der Waals surface area contributed by atoms with E-state index in [1.54, 1.807) is 0 Å². The highest BCUT2D eigenvalue weighted by molar-refractivity contribution is 5.56. The molecule has 0 aliphatic rings. The van der Waals surface area contributed by atoms with Gasteiger partial charge in [-0.1, -0.05) is 35.5 Å². The summed E-state index contributed by atoms with van der Waals surface area (Å²) in [5, 5.41) is 11.7. The SMILES string of the molecule is [CH2-]n1nnc(-c2cccc(Oc3ccccc3)c2)n1. The van der Waals surface area contributed by atoms with Crippen molar-refractivity contribution in [1.29, 1.82) is 0 Å². The minimum Gasteiger partial charge on any atom is -0.457 e. The summed E-state index contributed by atoms with van der Waals surface area (Å²) in [5.74, 6) is 2.03. The molecule has 0 aliphatic carbocycles. The van der Waals surface area contributed by atoms with E-state index in [-0.39, 0.29) is 0 Å². The second kappa shape index (κ2) is 4.81. The fourth-order valence-corrected chi connectivity index (χ4v) is 1.68. The number of hydrogen-bond acceptors (Lipinski definition) is 4. The van der Waals surface area contributed by atoms with Crippen LogP contribution in [0.1, 0.15) is 0 Å². The number of nitrogens with zero attached hydrogens (tertiary/aromatic N) is 4. The van der Waals surface area contributed by atoms with Gasteiger partial charge in [-0.15, -0.1) is 5.10 Å². The molecule has 2 aromatic carbocycles. The van der Waals surface area contributed by atoms with Crippen LogP contribution in [-0.4, -0.2) is 20.2 Å². The molecule has 0 aliphatic heterocycles. The van der Waals surface area contributed by atoms with Gasteiger partial charge in [0.15, 0.2) is 0 Å². The van der Waals surface area contributed by atoms with E-state index in [0.29, 0.717) is 5.82 Å². The fourth-order valence-electron chi connectivity index (χ4n) is 1.68. The maximum absolute atomic E-state index is 5.75. The van der Waals surface area contributed by atoms with Gasteiger partial charge in [0.05, 0.1) is 0 Å². The van der Waals surface area contributed by atoms with Crippen LogP contribution in [0.15, 0.2) is 54.6 Å². The number of hydrogen-bond donors (Lipinski definition) is 0. The van der Waals surface area contributed by atoms with Crippen LogP contribution in [-0.2, 0) is 0 Å². The lowest BCUT2D eigenvalue weighted by molar-refractivity contribution is 0.483. The fraction of sp³-hybridized carbons (Fsp3) is 0. The predicted molar refractivity (Wildman–Crippen MR) is 70.5 cm³/mol. The lowest BCUT2D eigenvalue weighted by Gasteiger charge is -2.06. The predicted octanol–water partition coefficient (Wildman–Crippen LogP) is 2.77. The molecule has 5 heteroatoms. The Morgan fingerprint density at radius 1 is 0.947 bits per heavy atom. The van der Waals surface area contributed by atoms with Crippen molar-refractivity contribution in [3.05, 3.63) is 61.6 Å². The molecule has 0 radical (unpaired) electrons. The summed E-state index contributed by atoms with van der Waals surface area (Å²) in [5.41, 5.74) is 0.836. The molecular weight excluding hydrogens is 240 g/mol. The van der Waals surface area contributed by atoms with Crippen LogP contribution < -0.4 is 4.74 Å². The number of rotatable bonds is 3. The summed E-state index contributed by atoms with van der Waals surface area (Å²) < 4.78 is 5.75. The molecule has 19 heavy (non-hydrogen) atoms. The van der Waals surface area contributed by atoms with Crippen LogP contribution in [0.4, 0.5) is 0 Å². The Hall–Kier alpha value is -2.82. The minimum absolute atomic E-state index is 0.522. The average molecular weight is 251 g/mol. The number of aromatic nitrogens is 4. The smallest absolute Gasteiger partial charge is 0.202 e. The van der Waals surface area contributed by atoms with E-state index in [2.05, 4.69) is 22.5 Å². The van der Waals surface area contributed by atoms with Gasteiger partial charge in [-0.3, -0.25) is 7.05 Å². The molecule has 94 valence electrons. The summed E-state index contributed by atoms with van der Waals surface area (Å²) in [4.78, 5) is 1.18. The van der Waals surface area contributed by atoms with Gasteiger partial charge in [0.25, 0.3) is 0 Å². The average Bonchev–Trinajstić information content (AvgIpc) is 2.87. The molecule has 0 unspecified atom stereocenters. The monoisotopic (exact) mass is 251 g/mol. The Balaban J connectivity index is 1.88. The van der Waals surface area contributed by atoms with Gasteiger partial charge in [0.1, 0.15) is 11.5 Å². The lowest BCUT2D eigenvalue weighted by atomic mass is 10.2. The van der Waals surface area contributed by atoms with Crippen molar-refractivity contribution in [2.24, 2.45) is 0 Å². The number of ether oxygens (including phenoxy) is 1. The first kappa shape index (κ1) is 11.3. The first-order valence-electron chi connectivity index (χ1n) is 5.75. The third kappa shape index (κ3) is 2.55. The lowest BCUT2D eigenvalue weighted by Crippen LogP contribution is -1.89. The second-order valence-corrected chi connectivity index (χ2v) is 3.93. The molecule has 3 aromatic rings. The van der Waals surface area contributed by atoms with E-state index < -0.39 is 0 Å². The van der Waals surface area contributed by atoms with E-state index in [1.165, 1.54) is 4.80 Å². The first-order chi connectivity index (χ1) is 9.31. The Labute approximate surface area is 110 Å². The van der Waals surface area contributed by atoms with Gasteiger partial charge in [-0.05, 0) is 24.3 Å². The third-order valence-electron chi connectivity index (χ3n) is 2.52. The Morgan fingerprint density at radius 3 is 2.47 bits per heavy atom. The highest BCUT2D eigenvalue weighted by Crippen LogP contribution is 2.25. The van der Waals surface area contributed by atoms with E-state index in [4.69, 9.17) is 4.74 Å². The molecule has 0 saturated carbocycles. The van der Waals surface area contributed by atoms with E-state index in [1.807, 2.05) is 54.6 Å². The zero-order valence-electron chi connectivity index (χ0n) is 10.1. The number of para-hydroxylation sites is 1. The Morgan fingerprint density at radius 2 is 1.74 bits per heavy atom. The minimum atomic E-state index is 0.522. The summed E-state index contributed by atoms with van der Waals surface area (Å²) in [6, 6.07) is 17.1. The highest BCUT2D eigenvalue weighted by atomic mass is 16.5. The topological polar surface area (TPSA) is 52.8 Å². The summed E-state index contributed by atoms with van der Waals surface area (Å²) in [7, 11) is 3.56. The maximum Gasteiger partial charge on any atom is 0.202 e. The quantitative estimate of drug-likeness (QED) is 0.672. The van der Waals surface area contributed by atoms with Crippen molar-refractivity contribution in [3.8, 4) is 22.9 Å². The molecular formula is C14H11N4O-. The van der Waals surface area contributed by atoms with Crippen molar-refractivity contribution in [1.82, 2.24) is 20.2 Å². The van der Waals surface area contributed by atoms with Crippen LogP contribution in [0, 0.1) is 7.05 Å². The van der Waals surface area contributed by atoms with Crippen molar-refractivity contribution in [2.45, 2.75) is 0 Å². The molecule has 0 N–H and O–H groups in total. The van der Waals surface area contributed by atoms with Crippen LogP contribution >= 0.6 is 0 Å². The van der Waals surface area contributed by atoms with Crippen molar-refractivity contribution >= 4 is 0 Å². The molecule has 0 bridgehead atoms. The van der Waals surface area contributed by atoms with E-state index >= 15 is 0 Å². The Kier molecular flexibility index (Phi) is 2.86. The third-order valence-corrected chi connectivity index (χ3v) is 2.52. The van der Waals surface area contributed by atoms with Gasteiger partial charge >= 0.3 is 0 Å². The normalized spacial score (nSPS) is 10.3. The molecule has 5 nitrogen and oxygen atoms in total. The molecule has 3 rings (SSSR count). The van der Waals surface area contributed by atoms with Gasteiger partial charge < -0.3 is 9.53 Å². The van der Waals surface area contributed by atoms with Gasteiger partial charge in [-0.2, -0.15) is 5.10 Å². The molecule has 0 atom stereocenters. The molecule has 0 saturated heterocycles. The van der Waals surface area contributed by atoms with Crippen LogP contribution in [0.3, 0.4) is 0 Å². The summed E-state index contributed by atoms with van der Waals surface area (Å²) in [6.07, 6.45) is 0. The summed E-state index contributed by atoms with van der Waals surface area (Å²) >= 11 is 0. The standard InChI is InChI=1S/C14H11N4O/c1-18-16-14(15-17-18)11-6-5-9-13(10-11)19-12-7-3-2-4-8-12/h2-10H,1H2/q-1. The molecule has 0 fully saturated rings. The zero-order valence-corrected chi connectivity index (χ0v) is 10.1. The van der Waals surface area contributed by atoms with Crippen molar-refractivity contribution < 1.29 is 4.74 Å². The summed E-state index contributed by atoms with van der Waals surface area (Å²) in [6.45, 7) is 0. The molecule has 0 spiro atoms. The highest BCUT2D eigenvalue weighted by Gasteiger charge is 2.04. The second-order valence-electron chi connectivity index (χ2n) is 3.93. The van der Waals surface area contributed by atoms with Crippen LogP contribution in [0.5, 0.6) is 11.5 Å².